The smallest absolute Gasteiger partial charge is 0.416 e. The number of hydrogen-bond acceptors (Lipinski definition) is 6. The van der Waals surface area contributed by atoms with Crippen molar-refractivity contribution in [1.82, 2.24) is 9.80 Å². The Morgan fingerprint density at radius 3 is 2.70 bits per heavy atom. The maximum absolute atomic E-state index is 13.5. The van der Waals surface area contributed by atoms with Crippen LogP contribution in [-0.4, -0.2) is 70.7 Å². The van der Waals surface area contributed by atoms with Crippen molar-refractivity contribution in [2.75, 3.05) is 20.1 Å². The lowest BCUT2D eigenvalue weighted by Gasteiger charge is -2.64. The monoisotopic (exact) mass is 596 g/mol. The van der Waals surface area contributed by atoms with Gasteiger partial charge in [-0.05, 0) is 86.4 Å². The van der Waals surface area contributed by atoms with E-state index in [1.165, 1.54) is 44.1 Å². The highest BCUT2D eigenvalue weighted by Crippen LogP contribution is 2.66. The Morgan fingerprint density at radius 2 is 1.98 bits per heavy atom. The van der Waals surface area contributed by atoms with E-state index >= 15 is 0 Å². The van der Waals surface area contributed by atoms with E-state index in [9.17, 15) is 27.9 Å². The predicted octanol–water partition coefficient (Wildman–Crippen LogP) is 4.74. The maximum atomic E-state index is 13.5. The average molecular weight is 597 g/mol. The molecule has 2 aromatic rings. The quantitative estimate of drug-likeness (QED) is 0.295. The number of esters is 1. The van der Waals surface area contributed by atoms with Crippen LogP contribution in [0.15, 0.2) is 42.5 Å². The zero-order valence-corrected chi connectivity index (χ0v) is 24.2. The number of ether oxygens (including phenoxy) is 2. The standard InChI is InChI=1S/C33H35F3N2O5/c1-19(39)42-25-10-9-22-17-26-32(41)13-12-24(37(2)27(40)11-8-20-4-3-5-23(16-20)33(34,35)36)30-31(32,28(22)29(25)43-30)14-15-38(26)18-21-6-7-21/h3-5,8-11,16,21,24,26,30,41H,6-7,12-15,17-18H2,1-2H3. The third-order valence-corrected chi connectivity index (χ3v) is 10.4. The van der Waals surface area contributed by atoms with E-state index < -0.39 is 40.9 Å². The van der Waals surface area contributed by atoms with Gasteiger partial charge in [0.1, 0.15) is 6.10 Å². The highest BCUT2D eigenvalue weighted by molar-refractivity contribution is 5.92. The first-order valence-electron chi connectivity index (χ1n) is 15.0. The molecule has 5 atom stereocenters. The topological polar surface area (TPSA) is 79.3 Å². The fraction of sp³-hybridized carbons (Fsp3) is 0.515. The van der Waals surface area contributed by atoms with E-state index in [4.69, 9.17) is 9.47 Å². The van der Waals surface area contributed by atoms with Crippen molar-refractivity contribution in [3.63, 3.8) is 0 Å². The van der Waals surface area contributed by atoms with Gasteiger partial charge in [-0.2, -0.15) is 13.2 Å². The van der Waals surface area contributed by atoms with E-state index in [0.29, 0.717) is 43.1 Å². The molecule has 5 unspecified atom stereocenters. The number of aliphatic hydroxyl groups is 1. The Bertz CT molecular complexity index is 1520. The van der Waals surface area contributed by atoms with Crippen LogP contribution in [-0.2, 0) is 27.6 Å². The van der Waals surface area contributed by atoms with E-state index in [2.05, 4.69) is 4.90 Å². The fourth-order valence-corrected chi connectivity index (χ4v) is 8.34. The normalized spacial score (nSPS) is 31.0. The van der Waals surface area contributed by atoms with Crippen LogP contribution in [0, 0.1) is 5.92 Å². The lowest BCUT2D eigenvalue weighted by atomic mass is 9.48. The zero-order chi connectivity index (χ0) is 30.3. The van der Waals surface area contributed by atoms with E-state index in [1.807, 2.05) is 6.07 Å². The SMILES string of the molecule is CC(=O)Oc1ccc2c3c1OC1C(N(C)C(=O)C=Cc4cccc(C(F)(F)F)c4)CCC4(O)C(C2)N(CC2CC2)CCC314. The summed E-state index contributed by atoms with van der Waals surface area (Å²) < 4.78 is 51.9. The van der Waals surface area contributed by atoms with Crippen LogP contribution in [0.1, 0.15) is 61.3 Å². The Labute approximate surface area is 248 Å². The van der Waals surface area contributed by atoms with Crippen molar-refractivity contribution in [2.45, 2.75) is 80.8 Å². The molecular formula is C33H35F3N2O5. The number of amides is 1. The minimum atomic E-state index is -4.48. The molecule has 43 heavy (non-hydrogen) atoms. The van der Waals surface area contributed by atoms with Gasteiger partial charge in [0, 0.05) is 38.2 Å². The van der Waals surface area contributed by atoms with Gasteiger partial charge in [0.25, 0.3) is 0 Å². The summed E-state index contributed by atoms with van der Waals surface area (Å²) in [6, 6.07) is 8.07. The van der Waals surface area contributed by atoms with Gasteiger partial charge in [0.15, 0.2) is 11.5 Å². The van der Waals surface area contributed by atoms with Gasteiger partial charge in [-0.1, -0.05) is 18.2 Å². The molecule has 0 radical (unpaired) electrons. The molecule has 5 aliphatic rings. The van der Waals surface area contributed by atoms with Crippen molar-refractivity contribution in [1.29, 1.82) is 0 Å². The number of rotatable bonds is 6. The van der Waals surface area contributed by atoms with E-state index in [-0.39, 0.29) is 17.5 Å². The number of likely N-dealkylation sites (N-methyl/N-ethyl adjacent to an activating group) is 1. The number of carbonyl (C=O) groups excluding carboxylic acids is 2. The minimum Gasteiger partial charge on any atom is -0.483 e. The molecule has 0 aromatic heterocycles. The molecule has 2 aliphatic heterocycles. The van der Waals surface area contributed by atoms with Crippen molar-refractivity contribution in [2.24, 2.45) is 5.92 Å². The second kappa shape index (κ2) is 9.82. The summed E-state index contributed by atoms with van der Waals surface area (Å²) in [7, 11) is 1.67. The molecule has 1 saturated heterocycles. The van der Waals surface area contributed by atoms with Crippen molar-refractivity contribution >= 4 is 18.0 Å². The number of hydrogen-bond donors (Lipinski definition) is 1. The van der Waals surface area contributed by atoms with Crippen LogP contribution >= 0.6 is 0 Å². The number of nitrogens with zero attached hydrogens (tertiary/aromatic N) is 2. The van der Waals surface area contributed by atoms with Gasteiger partial charge in [-0.25, -0.2) is 0 Å². The molecule has 2 bridgehead atoms. The lowest BCUT2D eigenvalue weighted by molar-refractivity contribution is -0.200. The molecule has 10 heteroatoms. The highest BCUT2D eigenvalue weighted by Gasteiger charge is 2.73. The summed E-state index contributed by atoms with van der Waals surface area (Å²) in [5, 5.41) is 12.7. The molecule has 228 valence electrons. The van der Waals surface area contributed by atoms with Crippen LogP contribution in [0.2, 0.25) is 0 Å². The van der Waals surface area contributed by atoms with Gasteiger partial charge in [-0.15, -0.1) is 0 Å². The molecule has 1 N–H and O–H groups in total. The molecule has 2 aromatic carbocycles. The van der Waals surface area contributed by atoms with Gasteiger partial charge >= 0.3 is 12.1 Å². The third-order valence-electron chi connectivity index (χ3n) is 10.4. The zero-order valence-electron chi connectivity index (χ0n) is 24.2. The summed E-state index contributed by atoms with van der Waals surface area (Å²) in [6.07, 6.45) is 2.31. The molecule has 2 saturated carbocycles. The number of piperidine rings is 1. The minimum absolute atomic E-state index is 0.0891. The molecule has 7 nitrogen and oxygen atoms in total. The second-order valence-corrected chi connectivity index (χ2v) is 12.9. The molecule has 2 heterocycles. The van der Waals surface area contributed by atoms with Crippen molar-refractivity contribution in [3.05, 3.63) is 64.7 Å². The van der Waals surface area contributed by atoms with Gasteiger partial charge in [-0.3, -0.25) is 14.5 Å². The van der Waals surface area contributed by atoms with E-state index in [0.717, 1.165) is 36.3 Å². The molecular weight excluding hydrogens is 561 g/mol. The van der Waals surface area contributed by atoms with Gasteiger partial charge in [0.05, 0.1) is 22.6 Å². The van der Waals surface area contributed by atoms with Crippen LogP contribution < -0.4 is 9.47 Å². The average Bonchev–Trinajstić information content (AvgIpc) is 3.70. The third kappa shape index (κ3) is 4.39. The number of likely N-dealkylation sites (tertiary alicyclic amines) is 1. The maximum Gasteiger partial charge on any atom is 0.416 e. The van der Waals surface area contributed by atoms with Gasteiger partial charge < -0.3 is 19.5 Å². The summed E-state index contributed by atoms with van der Waals surface area (Å²) in [5.74, 6) is 0.605. The first-order valence-corrected chi connectivity index (χ1v) is 15.0. The Balaban J connectivity index is 1.24. The first kappa shape index (κ1) is 28.4. The molecule has 1 spiro atoms. The predicted molar refractivity (Wildman–Crippen MR) is 151 cm³/mol. The summed E-state index contributed by atoms with van der Waals surface area (Å²) in [5.41, 5.74) is -0.427. The molecule has 7 rings (SSSR count). The Kier molecular flexibility index (Phi) is 6.49. The molecule has 3 fully saturated rings. The van der Waals surface area contributed by atoms with Crippen LogP contribution in [0.3, 0.4) is 0 Å². The number of halogens is 3. The fourth-order valence-electron chi connectivity index (χ4n) is 8.34. The summed E-state index contributed by atoms with van der Waals surface area (Å²) in [6.45, 7) is 3.09. The van der Waals surface area contributed by atoms with Crippen LogP contribution in [0.4, 0.5) is 13.2 Å². The summed E-state index contributed by atoms with van der Waals surface area (Å²) >= 11 is 0. The van der Waals surface area contributed by atoms with Crippen molar-refractivity contribution in [3.8, 4) is 11.5 Å². The number of benzene rings is 2. The highest BCUT2D eigenvalue weighted by atomic mass is 19.4. The molecule has 3 aliphatic carbocycles. The van der Waals surface area contributed by atoms with Crippen LogP contribution in [0.25, 0.3) is 6.08 Å². The largest absolute Gasteiger partial charge is 0.483 e. The van der Waals surface area contributed by atoms with Crippen LogP contribution in [0.5, 0.6) is 11.5 Å². The second-order valence-electron chi connectivity index (χ2n) is 12.9. The molecule has 1 amide bonds. The number of carbonyl (C=O) groups is 2. The summed E-state index contributed by atoms with van der Waals surface area (Å²) in [4.78, 5) is 29.5. The van der Waals surface area contributed by atoms with Crippen molar-refractivity contribution < 1.29 is 37.3 Å². The first-order chi connectivity index (χ1) is 20.4. The number of alkyl halides is 3. The Hall–Kier alpha value is -3.37. The van der Waals surface area contributed by atoms with Gasteiger partial charge in [0.2, 0.25) is 5.91 Å². The lowest BCUT2D eigenvalue weighted by Crippen LogP contribution is -2.78. The Morgan fingerprint density at radius 1 is 1.19 bits per heavy atom. The van der Waals surface area contributed by atoms with E-state index in [1.54, 1.807) is 18.0 Å².